The first-order valence-corrected chi connectivity index (χ1v) is 6.04. The van der Waals surface area contributed by atoms with Crippen LogP contribution in [-0.4, -0.2) is 35.6 Å². The van der Waals surface area contributed by atoms with Crippen molar-refractivity contribution < 1.29 is 9.90 Å². The summed E-state index contributed by atoms with van der Waals surface area (Å²) in [6.45, 7) is 5.81. The lowest BCUT2D eigenvalue weighted by atomic mass is 10.2. The Labute approximate surface area is 108 Å². The van der Waals surface area contributed by atoms with Gasteiger partial charge in [0.1, 0.15) is 0 Å². The van der Waals surface area contributed by atoms with Crippen LogP contribution in [0, 0.1) is 0 Å². The van der Waals surface area contributed by atoms with Crippen molar-refractivity contribution in [2.24, 2.45) is 0 Å². The highest BCUT2D eigenvalue weighted by Gasteiger charge is 2.09. The van der Waals surface area contributed by atoms with E-state index < -0.39 is 6.10 Å². The molecule has 1 rings (SSSR count). The first-order valence-electron chi connectivity index (χ1n) is 6.04. The molecule has 0 spiro atoms. The first-order chi connectivity index (χ1) is 8.40. The van der Waals surface area contributed by atoms with Gasteiger partial charge in [0.05, 0.1) is 30.2 Å². The number of likely N-dealkylation sites (N-methyl/N-ethyl adjacent to an activating group) is 1. The van der Waals surface area contributed by atoms with Gasteiger partial charge in [-0.05, 0) is 32.9 Å². The second-order valence-corrected chi connectivity index (χ2v) is 4.70. The van der Waals surface area contributed by atoms with Crippen LogP contribution in [0.3, 0.4) is 0 Å². The van der Waals surface area contributed by atoms with Crippen molar-refractivity contribution in [3.63, 3.8) is 0 Å². The fourth-order valence-corrected chi connectivity index (χ4v) is 1.54. The molecule has 0 aliphatic carbocycles. The minimum atomic E-state index is -0.575. The molecule has 5 nitrogen and oxygen atoms in total. The van der Waals surface area contributed by atoms with Crippen LogP contribution < -0.4 is 10.2 Å². The second-order valence-electron chi connectivity index (χ2n) is 4.70. The second kappa shape index (κ2) is 6.35. The van der Waals surface area contributed by atoms with E-state index in [2.05, 4.69) is 10.3 Å². The van der Waals surface area contributed by atoms with E-state index in [1.165, 1.54) is 0 Å². The molecule has 0 saturated heterocycles. The van der Waals surface area contributed by atoms with Crippen LogP contribution in [0.4, 0.5) is 5.69 Å². The zero-order valence-electron chi connectivity index (χ0n) is 11.3. The predicted molar refractivity (Wildman–Crippen MR) is 71.4 cm³/mol. The van der Waals surface area contributed by atoms with Crippen molar-refractivity contribution in [3.8, 4) is 0 Å². The third-order valence-electron chi connectivity index (χ3n) is 2.47. The molecule has 1 amide bonds. The minimum Gasteiger partial charge on any atom is -0.387 e. The Balaban J connectivity index is 2.61. The number of carbonyl (C=O) groups is 1. The number of pyridine rings is 1. The molecule has 18 heavy (non-hydrogen) atoms. The number of aromatic nitrogens is 1. The van der Waals surface area contributed by atoms with Crippen molar-refractivity contribution in [2.45, 2.75) is 32.9 Å². The van der Waals surface area contributed by atoms with E-state index in [4.69, 9.17) is 0 Å². The highest BCUT2D eigenvalue weighted by atomic mass is 16.3. The van der Waals surface area contributed by atoms with Crippen LogP contribution in [0.2, 0.25) is 0 Å². The fraction of sp³-hybridized carbons (Fsp3) is 0.538. The Kier molecular flexibility index (Phi) is 5.09. The number of anilines is 1. The van der Waals surface area contributed by atoms with Crippen molar-refractivity contribution in [2.75, 3.05) is 18.5 Å². The molecule has 5 heteroatoms. The lowest BCUT2D eigenvalue weighted by Crippen LogP contribution is -2.38. The highest BCUT2D eigenvalue weighted by Crippen LogP contribution is 2.14. The monoisotopic (exact) mass is 251 g/mol. The Bertz CT molecular complexity index is 388. The van der Waals surface area contributed by atoms with E-state index in [1.807, 2.05) is 31.9 Å². The molecule has 0 unspecified atom stereocenters. The molecule has 0 bridgehead atoms. The summed E-state index contributed by atoms with van der Waals surface area (Å²) >= 11 is 0. The van der Waals surface area contributed by atoms with E-state index >= 15 is 0 Å². The van der Waals surface area contributed by atoms with Crippen molar-refractivity contribution in [1.29, 1.82) is 0 Å². The van der Waals surface area contributed by atoms with Crippen LogP contribution in [0.15, 0.2) is 18.3 Å². The summed E-state index contributed by atoms with van der Waals surface area (Å²) in [4.78, 5) is 17.6. The zero-order valence-corrected chi connectivity index (χ0v) is 11.3. The number of nitrogens with zero attached hydrogens (tertiary/aromatic N) is 2. The van der Waals surface area contributed by atoms with Crippen LogP contribution >= 0.6 is 0 Å². The molecule has 0 radical (unpaired) electrons. The van der Waals surface area contributed by atoms with Gasteiger partial charge in [0, 0.05) is 13.1 Å². The molecule has 0 fully saturated rings. The molecule has 0 aliphatic heterocycles. The van der Waals surface area contributed by atoms with E-state index in [0.29, 0.717) is 5.69 Å². The van der Waals surface area contributed by atoms with E-state index in [1.54, 1.807) is 19.2 Å². The van der Waals surface area contributed by atoms with Gasteiger partial charge in [-0.15, -0.1) is 0 Å². The topological polar surface area (TPSA) is 65.5 Å². The third kappa shape index (κ3) is 4.33. The van der Waals surface area contributed by atoms with Crippen LogP contribution in [-0.2, 0) is 4.79 Å². The lowest BCUT2D eigenvalue weighted by molar-refractivity contribution is -0.120. The highest BCUT2D eigenvalue weighted by molar-refractivity contribution is 5.81. The number of hydrogen-bond donors (Lipinski definition) is 2. The Morgan fingerprint density at radius 3 is 2.56 bits per heavy atom. The maximum absolute atomic E-state index is 11.6. The van der Waals surface area contributed by atoms with E-state index in [9.17, 15) is 9.90 Å². The van der Waals surface area contributed by atoms with Gasteiger partial charge in [-0.25, -0.2) is 0 Å². The quantitative estimate of drug-likeness (QED) is 0.822. The van der Waals surface area contributed by atoms with Crippen LogP contribution in [0.5, 0.6) is 0 Å². The fourth-order valence-electron chi connectivity index (χ4n) is 1.54. The summed E-state index contributed by atoms with van der Waals surface area (Å²) in [6, 6.07) is 3.75. The summed E-state index contributed by atoms with van der Waals surface area (Å²) in [7, 11) is 1.83. The molecule has 0 aliphatic rings. The number of amides is 1. The van der Waals surface area contributed by atoms with Crippen LogP contribution in [0.1, 0.15) is 32.6 Å². The van der Waals surface area contributed by atoms with Crippen LogP contribution in [0.25, 0.3) is 0 Å². The SMILES string of the molecule is CC(C)NC(=O)CN(C)c1ccc([C@H](C)O)nc1. The van der Waals surface area contributed by atoms with Gasteiger partial charge in [-0.3, -0.25) is 9.78 Å². The third-order valence-corrected chi connectivity index (χ3v) is 2.47. The predicted octanol–water partition coefficient (Wildman–Crippen LogP) is 1.10. The maximum atomic E-state index is 11.6. The number of carbonyl (C=O) groups excluding carboxylic acids is 1. The lowest BCUT2D eigenvalue weighted by Gasteiger charge is -2.19. The average molecular weight is 251 g/mol. The normalized spacial score (nSPS) is 12.3. The van der Waals surface area contributed by atoms with Gasteiger partial charge in [0.25, 0.3) is 0 Å². The summed E-state index contributed by atoms with van der Waals surface area (Å²) in [5, 5.41) is 12.2. The first kappa shape index (κ1) is 14.4. The van der Waals surface area contributed by atoms with Crippen molar-refractivity contribution >= 4 is 11.6 Å². The van der Waals surface area contributed by atoms with Gasteiger partial charge in [0.2, 0.25) is 5.91 Å². The molecule has 1 atom stereocenters. The Morgan fingerprint density at radius 1 is 1.44 bits per heavy atom. The number of aliphatic hydroxyl groups excluding tert-OH is 1. The summed E-state index contributed by atoms with van der Waals surface area (Å²) < 4.78 is 0. The molecule has 2 N–H and O–H groups in total. The maximum Gasteiger partial charge on any atom is 0.239 e. The number of hydrogen-bond acceptors (Lipinski definition) is 4. The number of aliphatic hydroxyl groups is 1. The average Bonchev–Trinajstić information content (AvgIpc) is 2.27. The molecular weight excluding hydrogens is 230 g/mol. The largest absolute Gasteiger partial charge is 0.387 e. The van der Waals surface area contributed by atoms with Gasteiger partial charge in [-0.1, -0.05) is 0 Å². The van der Waals surface area contributed by atoms with Crippen molar-refractivity contribution in [3.05, 3.63) is 24.0 Å². The van der Waals surface area contributed by atoms with Gasteiger partial charge in [-0.2, -0.15) is 0 Å². The zero-order chi connectivity index (χ0) is 13.7. The van der Waals surface area contributed by atoms with Gasteiger partial charge < -0.3 is 15.3 Å². The molecule has 0 saturated carbocycles. The Hall–Kier alpha value is -1.62. The Morgan fingerprint density at radius 2 is 2.11 bits per heavy atom. The summed E-state index contributed by atoms with van der Waals surface area (Å²) in [5.74, 6) is -0.0212. The molecule has 100 valence electrons. The van der Waals surface area contributed by atoms with Gasteiger partial charge >= 0.3 is 0 Å². The number of nitrogens with one attached hydrogen (secondary N) is 1. The molecular formula is C13H21N3O2. The van der Waals surface area contributed by atoms with Gasteiger partial charge in [0.15, 0.2) is 0 Å². The standard InChI is InChI=1S/C13H21N3O2/c1-9(2)15-13(18)8-16(4)11-5-6-12(10(3)17)14-7-11/h5-7,9-10,17H,8H2,1-4H3,(H,15,18)/t10-/m0/s1. The molecule has 1 aromatic rings. The molecule has 1 heterocycles. The summed E-state index contributed by atoms with van der Waals surface area (Å²) in [5.41, 5.74) is 1.47. The molecule has 0 aromatic carbocycles. The summed E-state index contributed by atoms with van der Waals surface area (Å²) in [6.07, 6.45) is 1.08. The van der Waals surface area contributed by atoms with E-state index in [0.717, 1.165) is 5.69 Å². The number of rotatable bonds is 5. The van der Waals surface area contributed by atoms with E-state index in [-0.39, 0.29) is 18.5 Å². The minimum absolute atomic E-state index is 0.0212. The molecule has 1 aromatic heterocycles. The van der Waals surface area contributed by atoms with Crippen molar-refractivity contribution in [1.82, 2.24) is 10.3 Å². The smallest absolute Gasteiger partial charge is 0.239 e.